The van der Waals surface area contributed by atoms with E-state index in [1.54, 1.807) is 25.3 Å². The SMILES string of the molecule is COCC(C)Oc1ccc(C(C)=O)c(Cl)c1. The number of carbonyl (C=O) groups excluding carboxylic acids is 1. The Labute approximate surface area is 100 Å². The third kappa shape index (κ3) is 3.51. The average Bonchev–Trinajstić information content (AvgIpc) is 2.17. The van der Waals surface area contributed by atoms with Crippen molar-refractivity contribution in [2.24, 2.45) is 0 Å². The van der Waals surface area contributed by atoms with Gasteiger partial charge in [-0.2, -0.15) is 0 Å². The topological polar surface area (TPSA) is 35.5 Å². The van der Waals surface area contributed by atoms with Crippen LogP contribution in [0.3, 0.4) is 0 Å². The van der Waals surface area contributed by atoms with E-state index in [-0.39, 0.29) is 11.9 Å². The second-order valence-electron chi connectivity index (χ2n) is 3.58. The molecular formula is C12H15ClO3. The molecule has 0 fully saturated rings. The second-order valence-corrected chi connectivity index (χ2v) is 3.99. The predicted octanol–water partition coefficient (Wildman–Crippen LogP) is 2.96. The highest BCUT2D eigenvalue weighted by molar-refractivity contribution is 6.34. The summed E-state index contributed by atoms with van der Waals surface area (Å²) >= 11 is 5.95. The van der Waals surface area contributed by atoms with Gasteiger partial charge in [-0.1, -0.05) is 11.6 Å². The standard InChI is InChI=1S/C12H15ClO3/c1-8(7-15-3)16-10-4-5-11(9(2)14)12(13)6-10/h4-6,8H,7H2,1-3H3. The van der Waals surface area contributed by atoms with Gasteiger partial charge in [0.15, 0.2) is 5.78 Å². The maximum Gasteiger partial charge on any atom is 0.161 e. The molecule has 0 aliphatic heterocycles. The van der Waals surface area contributed by atoms with Crippen molar-refractivity contribution in [2.45, 2.75) is 20.0 Å². The third-order valence-electron chi connectivity index (χ3n) is 2.06. The van der Waals surface area contributed by atoms with Crippen LogP contribution in [0.4, 0.5) is 0 Å². The monoisotopic (exact) mass is 242 g/mol. The summed E-state index contributed by atoms with van der Waals surface area (Å²) in [7, 11) is 1.62. The van der Waals surface area contributed by atoms with Crippen molar-refractivity contribution < 1.29 is 14.3 Å². The number of hydrogen-bond donors (Lipinski definition) is 0. The first kappa shape index (κ1) is 13.0. The third-order valence-corrected chi connectivity index (χ3v) is 2.37. The molecule has 1 atom stereocenters. The van der Waals surface area contributed by atoms with E-state index in [2.05, 4.69) is 0 Å². The van der Waals surface area contributed by atoms with Crippen molar-refractivity contribution in [2.75, 3.05) is 13.7 Å². The molecule has 0 spiro atoms. The van der Waals surface area contributed by atoms with E-state index in [0.29, 0.717) is 22.9 Å². The minimum absolute atomic E-state index is 0.0516. The fraction of sp³-hybridized carbons (Fsp3) is 0.417. The molecule has 0 aromatic heterocycles. The van der Waals surface area contributed by atoms with Crippen molar-refractivity contribution in [1.29, 1.82) is 0 Å². The van der Waals surface area contributed by atoms with Gasteiger partial charge in [-0.3, -0.25) is 4.79 Å². The van der Waals surface area contributed by atoms with Crippen LogP contribution in [0.2, 0.25) is 5.02 Å². The molecule has 0 amide bonds. The number of halogens is 1. The molecule has 0 aliphatic rings. The first-order valence-electron chi connectivity index (χ1n) is 5.00. The van der Waals surface area contributed by atoms with Crippen LogP contribution in [-0.2, 0) is 4.74 Å². The van der Waals surface area contributed by atoms with Gasteiger partial charge in [0.25, 0.3) is 0 Å². The van der Waals surface area contributed by atoms with E-state index in [1.807, 2.05) is 6.92 Å². The maximum atomic E-state index is 11.2. The zero-order valence-corrected chi connectivity index (χ0v) is 10.4. The van der Waals surface area contributed by atoms with Gasteiger partial charge in [-0.25, -0.2) is 0 Å². The number of ether oxygens (including phenoxy) is 2. The number of benzene rings is 1. The molecule has 88 valence electrons. The zero-order valence-electron chi connectivity index (χ0n) is 9.62. The molecule has 1 rings (SSSR count). The van der Waals surface area contributed by atoms with Crippen LogP contribution in [0.15, 0.2) is 18.2 Å². The summed E-state index contributed by atoms with van der Waals surface area (Å²) < 4.78 is 10.5. The van der Waals surface area contributed by atoms with E-state index in [9.17, 15) is 4.79 Å². The fourth-order valence-corrected chi connectivity index (χ4v) is 1.66. The molecule has 4 heteroatoms. The summed E-state index contributed by atoms with van der Waals surface area (Å²) in [6, 6.07) is 5.04. The molecule has 0 radical (unpaired) electrons. The van der Waals surface area contributed by atoms with Crippen molar-refractivity contribution >= 4 is 17.4 Å². The lowest BCUT2D eigenvalue weighted by atomic mass is 10.1. The van der Waals surface area contributed by atoms with E-state index in [1.165, 1.54) is 6.92 Å². The van der Waals surface area contributed by atoms with Gasteiger partial charge in [0.05, 0.1) is 11.6 Å². The summed E-state index contributed by atoms with van der Waals surface area (Å²) in [4.78, 5) is 11.2. The Morgan fingerprint density at radius 3 is 2.69 bits per heavy atom. The van der Waals surface area contributed by atoms with Crippen LogP contribution in [0.1, 0.15) is 24.2 Å². The first-order chi connectivity index (χ1) is 7.54. The Balaban J connectivity index is 2.77. The minimum Gasteiger partial charge on any atom is -0.488 e. The Kier molecular flexibility index (Phi) is 4.77. The fourth-order valence-electron chi connectivity index (χ4n) is 1.36. The highest BCUT2D eigenvalue weighted by Gasteiger charge is 2.08. The van der Waals surface area contributed by atoms with Crippen molar-refractivity contribution in [1.82, 2.24) is 0 Å². The van der Waals surface area contributed by atoms with E-state index in [4.69, 9.17) is 21.1 Å². The average molecular weight is 243 g/mol. The van der Waals surface area contributed by atoms with Crippen molar-refractivity contribution in [3.8, 4) is 5.75 Å². The Hall–Kier alpha value is -1.06. The minimum atomic E-state index is -0.0542. The highest BCUT2D eigenvalue weighted by Crippen LogP contribution is 2.23. The molecule has 0 saturated carbocycles. The smallest absolute Gasteiger partial charge is 0.161 e. The Morgan fingerprint density at radius 2 is 2.19 bits per heavy atom. The highest BCUT2D eigenvalue weighted by atomic mass is 35.5. The summed E-state index contributed by atoms with van der Waals surface area (Å²) in [5.74, 6) is 0.584. The quantitative estimate of drug-likeness (QED) is 0.745. The van der Waals surface area contributed by atoms with Gasteiger partial charge in [-0.05, 0) is 32.0 Å². The summed E-state index contributed by atoms with van der Waals surface area (Å²) in [5, 5.41) is 0.412. The van der Waals surface area contributed by atoms with Crippen LogP contribution >= 0.6 is 11.6 Å². The molecule has 0 N–H and O–H groups in total. The molecule has 0 saturated heterocycles. The summed E-state index contributed by atoms with van der Waals surface area (Å²) in [6.45, 7) is 3.89. The molecule has 0 bridgehead atoms. The Morgan fingerprint density at radius 1 is 1.50 bits per heavy atom. The maximum absolute atomic E-state index is 11.2. The van der Waals surface area contributed by atoms with E-state index < -0.39 is 0 Å². The van der Waals surface area contributed by atoms with Crippen LogP contribution < -0.4 is 4.74 Å². The normalized spacial score (nSPS) is 12.2. The van der Waals surface area contributed by atoms with Gasteiger partial charge in [0.2, 0.25) is 0 Å². The summed E-state index contributed by atoms with van der Waals surface area (Å²) in [6.07, 6.45) is -0.0516. The molecule has 1 aromatic carbocycles. The van der Waals surface area contributed by atoms with Crippen LogP contribution in [0.25, 0.3) is 0 Å². The van der Waals surface area contributed by atoms with Crippen molar-refractivity contribution in [3.05, 3.63) is 28.8 Å². The van der Waals surface area contributed by atoms with Gasteiger partial charge < -0.3 is 9.47 Å². The van der Waals surface area contributed by atoms with Crippen LogP contribution in [0, 0.1) is 0 Å². The van der Waals surface area contributed by atoms with E-state index >= 15 is 0 Å². The van der Waals surface area contributed by atoms with Crippen LogP contribution in [0.5, 0.6) is 5.75 Å². The van der Waals surface area contributed by atoms with Gasteiger partial charge in [0.1, 0.15) is 11.9 Å². The number of hydrogen-bond acceptors (Lipinski definition) is 3. The molecular weight excluding hydrogens is 228 g/mol. The number of Topliss-reactive ketones (excluding diaryl/α,β-unsaturated/α-hetero) is 1. The molecule has 16 heavy (non-hydrogen) atoms. The van der Waals surface area contributed by atoms with Crippen LogP contribution in [-0.4, -0.2) is 25.6 Å². The lowest BCUT2D eigenvalue weighted by molar-refractivity contribution is 0.0920. The first-order valence-corrected chi connectivity index (χ1v) is 5.38. The molecule has 0 aliphatic carbocycles. The molecule has 3 nitrogen and oxygen atoms in total. The number of ketones is 1. The summed E-state index contributed by atoms with van der Waals surface area (Å²) in [5.41, 5.74) is 0.508. The zero-order chi connectivity index (χ0) is 12.1. The van der Waals surface area contributed by atoms with Gasteiger partial charge >= 0.3 is 0 Å². The van der Waals surface area contributed by atoms with Crippen molar-refractivity contribution in [3.63, 3.8) is 0 Å². The molecule has 1 unspecified atom stereocenters. The number of carbonyl (C=O) groups is 1. The number of rotatable bonds is 5. The lowest BCUT2D eigenvalue weighted by Crippen LogP contribution is -2.17. The molecule has 0 heterocycles. The largest absolute Gasteiger partial charge is 0.488 e. The second kappa shape index (κ2) is 5.87. The lowest BCUT2D eigenvalue weighted by Gasteiger charge is -2.14. The Bertz CT molecular complexity index is 377. The van der Waals surface area contributed by atoms with E-state index in [0.717, 1.165) is 0 Å². The molecule has 1 aromatic rings. The van der Waals surface area contributed by atoms with Gasteiger partial charge in [-0.15, -0.1) is 0 Å². The van der Waals surface area contributed by atoms with Gasteiger partial charge in [0, 0.05) is 12.7 Å². The number of methoxy groups -OCH3 is 1. The predicted molar refractivity (Wildman–Crippen MR) is 63.4 cm³/mol.